The molecule has 4 rings (SSSR count). The molecule has 9 heteroatoms. The third-order valence-corrected chi connectivity index (χ3v) is 9.47. The van der Waals surface area contributed by atoms with Gasteiger partial charge in [-0.1, -0.05) is 25.0 Å². The Bertz CT molecular complexity index is 934. The van der Waals surface area contributed by atoms with Crippen molar-refractivity contribution in [3.63, 3.8) is 0 Å². The van der Waals surface area contributed by atoms with Crippen molar-refractivity contribution in [1.29, 1.82) is 0 Å². The first kappa shape index (κ1) is 23.0. The molecule has 31 heavy (non-hydrogen) atoms. The lowest BCUT2D eigenvalue weighted by molar-refractivity contribution is -0.178. The van der Waals surface area contributed by atoms with Gasteiger partial charge in [0.15, 0.2) is 11.6 Å². The fourth-order valence-corrected chi connectivity index (χ4v) is 7.69. The van der Waals surface area contributed by atoms with Crippen LogP contribution in [0.5, 0.6) is 0 Å². The summed E-state index contributed by atoms with van der Waals surface area (Å²) in [6, 6.07) is 0. The summed E-state index contributed by atoms with van der Waals surface area (Å²) in [6.45, 7) is 4.95. The van der Waals surface area contributed by atoms with Crippen molar-refractivity contribution in [1.82, 2.24) is 0 Å². The smallest absolute Gasteiger partial charge is 0.393 e. The second kappa shape index (κ2) is 7.17. The van der Waals surface area contributed by atoms with Crippen LogP contribution in [0.4, 0.5) is 0 Å². The molecule has 0 saturated heterocycles. The number of carbonyl (C=O) groups is 2. The molecular weight excluding hydrogens is 423 g/mol. The summed E-state index contributed by atoms with van der Waals surface area (Å²) in [6.07, 6.45) is 4.96. The van der Waals surface area contributed by atoms with Crippen LogP contribution in [-0.2, 0) is 18.7 Å². The first-order valence-electron chi connectivity index (χ1n) is 10.8. The van der Waals surface area contributed by atoms with Crippen LogP contribution >= 0.6 is 7.82 Å². The molecule has 0 aromatic heterocycles. The number of phosphoric acid groups is 1. The molecule has 172 valence electrons. The van der Waals surface area contributed by atoms with E-state index in [1.165, 1.54) is 0 Å². The van der Waals surface area contributed by atoms with E-state index in [1.54, 1.807) is 19.1 Å². The van der Waals surface area contributed by atoms with Crippen molar-refractivity contribution in [2.75, 3.05) is 6.61 Å². The molecule has 0 aromatic carbocycles. The molecule has 0 bridgehead atoms. The average Bonchev–Trinajstić information content (AvgIpc) is 2.92. The third kappa shape index (κ3) is 3.26. The number of aliphatic hydroxyl groups is 2. The largest absolute Gasteiger partial charge is 0.470 e. The maximum atomic E-state index is 12.9. The van der Waals surface area contributed by atoms with E-state index in [-0.39, 0.29) is 36.4 Å². The highest BCUT2D eigenvalue weighted by molar-refractivity contribution is 7.46. The molecule has 8 nitrogen and oxygen atoms in total. The molecule has 3 saturated carbocycles. The minimum Gasteiger partial charge on any atom is -0.393 e. The number of carbonyl (C=O) groups excluding carboxylic acids is 2. The highest BCUT2D eigenvalue weighted by Gasteiger charge is 2.68. The minimum absolute atomic E-state index is 0.0237. The first-order valence-corrected chi connectivity index (χ1v) is 12.3. The fraction of sp³-hybridized carbons (Fsp3) is 0.727. The molecule has 4 N–H and O–H groups in total. The minimum atomic E-state index is -4.84. The lowest BCUT2D eigenvalue weighted by Crippen LogP contribution is -2.62. The van der Waals surface area contributed by atoms with Crippen LogP contribution < -0.4 is 0 Å². The van der Waals surface area contributed by atoms with Gasteiger partial charge in [-0.15, -0.1) is 0 Å². The molecule has 0 amide bonds. The zero-order valence-corrected chi connectivity index (χ0v) is 19.0. The van der Waals surface area contributed by atoms with Gasteiger partial charge in [0.2, 0.25) is 0 Å². The van der Waals surface area contributed by atoms with E-state index in [9.17, 15) is 24.4 Å². The summed E-state index contributed by atoms with van der Waals surface area (Å²) in [4.78, 5) is 42.8. The summed E-state index contributed by atoms with van der Waals surface area (Å²) in [5, 5.41) is 22.8. The number of Topliss-reactive ketones (excluding diaryl/α,β-unsaturated/α-hetero) is 1. The maximum absolute atomic E-state index is 12.9. The van der Waals surface area contributed by atoms with Crippen LogP contribution in [0.25, 0.3) is 0 Å². The van der Waals surface area contributed by atoms with Crippen molar-refractivity contribution in [3.8, 4) is 0 Å². The zero-order valence-electron chi connectivity index (χ0n) is 18.1. The van der Waals surface area contributed by atoms with Crippen molar-refractivity contribution >= 4 is 19.4 Å². The molecular formula is C22H31O8P. The van der Waals surface area contributed by atoms with Crippen molar-refractivity contribution < 1.29 is 38.7 Å². The lowest BCUT2D eigenvalue weighted by atomic mass is 9.45. The van der Waals surface area contributed by atoms with Gasteiger partial charge in [0.1, 0.15) is 12.2 Å². The lowest BCUT2D eigenvalue weighted by Gasteiger charge is -2.60. The van der Waals surface area contributed by atoms with Gasteiger partial charge in [0, 0.05) is 16.7 Å². The summed E-state index contributed by atoms with van der Waals surface area (Å²) >= 11 is 0. The predicted molar refractivity (Wildman–Crippen MR) is 111 cm³/mol. The summed E-state index contributed by atoms with van der Waals surface area (Å²) < 4.78 is 15.4. The van der Waals surface area contributed by atoms with Crippen LogP contribution in [0.3, 0.4) is 0 Å². The van der Waals surface area contributed by atoms with Crippen molar-refractivity contribution in [3.05, 3.63) is 23.3 Å². The second-order valence-electron chi connectivity index (χ2n) is 10.2. The van der Waals surface area contributed by atoms with E-state index in [0.717, 1.165) is 24.0 Å². The Morgan fingerprint density at radius 1 is 1.26 bits per heavy atom. The van der Waals surface area contributed by atoms with Gasteiger partial charge in [-0.2, -0.15) is 0 Å². The van der Waals surface area contributed by atoms with Gasteiger partial charge in [-0.3, -0.25) is 14.1 Å². The van der Waals surface area contributed by atoms with Gasteiger partial charge < -0.3 is 20.0 Å². The SMILES string of the molecule is CC1=CC(=O)C=C2CCC3C(C(O)C[C@@]4(C)C3CC[C@]4(O)C(=O)COP(=O)(O)O)[C@@]12C. The van der Waals surface area contributed by atoms with Crippen molar-refractivity contribution in [2.24, 2.45) is 28.6 Å². The number of rotatable bonds is 4. The van der Waals surface area contributed by atoms with Crippen LogP contribution in [0, 0.1) is 28.6 Å². The molecule has 0 aliphatic heterocycles. The standard InChI is InChI=1S/C22H31O8P/c1-12-8-14(23)9-13-4-5-15-16-6-7-22(26,18(25)11-30-31(27,28)29)20(16,2)10-17(24)19(15)21(12,13)3/h8-9,15-17,19,24,26H,4-7,10-11H2,1-3H3,(H2,27,28,29)/t15?,16?,17?,19?,20-,21-,22-/m0/s1. The summed E-state index contributed by atoms with van der Waals surface area (Å²) in [5.74, 6) is -0.887. The Hall–Kier alpha value is -1.15. The molecule has 0 aromatic rings. The van der Waals surface area contributed by atoms with Crippen molar-refractivity contribution in [2.45, 2.75) is 64.6 Å². The molecule has 0 spiro atoms. The maximum Gasteiger partial charge on any atom is 0.470 e. The van der Waals surface area contributed by atoms with Crippen LogP contribution in [0.1, 0.15) is 52.9 Å². The fourth-order valence-electron chi connectivity index (χ4n) is 7.40. The average molecular weight is 454 g/mol. The Morgan fingerprint density at radius 3 is 2.58 bits per heavy atom. The van der Waals surface area contributed by atoms with Gasteiger partial charge in [-0.25, -0.2) is 4.57 Å². The monoisotopic (exact) mass is 454 g/mol. The molecule has 4 aliphatic rings. The highest BCUT2D eigenvalue weighted by Crippen LogP contribution is 2.68. The molecule has 7 atom stereocenters. The molecule has 4 aliphatic carbocycles. The van der Waals surface area contributed by atoms with Gasteiger partial charge in [0.25, 0.3) is 0 Å². The van der Waals surface area contributed by atoms with E-state index in [2.05, 4.69) is 11.4 Å². The summed E-state index contributed by atoms with van der Waals surface area (Å²) in [5.41, 5.74) is -1.20. The number of hydrogen-bond acceptors (Lipinski definition) is 6. The number of allylic oxidation sites excluding steroid dienone is 4. The Balaban J connectivity index is 1.67. The normalized spacial score (nSPS) is 44.7. The predicted octanol–water partition coefficient (Wildman–Crippen LogP) is 2.06. The second-order valence-corrected chi connectivity index (χ2v) is 11.5. The van der Waals surface area contributed by atoms with Gasteiger partial charge in [0.05, 0.1) is 6.10 Å². The first-order chi connectivity index (χ1) is 14.2. The van der Waals surface area contributed by atoms with E-state index in [1.807, 2.05) is 6.92 Å². The molecule has 0 radical (unpaired) electrons. The van der Waals surface area contributed by atoms with Crippen LogP contribution in [0.2, 0.25) is 0 Å². The molecule has 0 heterocycles. The number of aliphatic hydroxyl groups excluding tert-OH is 1. The molecule has 4 unspecified atom stereocenters. The third-order valence-electron chi connectivity index (χ3n) is 9.01. The van der Waals surface area contributed by atoms with Crippen LogP contribution in [-0.4, -0.2) is 49.9 Å². The van der Waals surface area contributed by atoms with E-state index < -0.39 is 42.7 Å². The Kier molecular flexibility index (Phi) is 5.33. The Labute approximate surface area is 181 Å². The van der Waals surface area contributed by atoms with E-state index in [4.69, 9.17) is 9.79 Å². The Morgan fingerprint density at radius 2 is 1.94 bits per heavy atom. The number of hydrogen-bond donors (Lipinski definition) is 4. The topological polar surface area (TPSA) is 141 Å². The van der Waals surface area contributed by atoms with Crippen LogP contribution in [0.15, 0.2) is 23.3 Å². The van der Waals surface area contributed by atoms with E-state index >= 15 is 0 Å². The number of ketones is 2. The quantitative estimate of drug-likeness (QED) is 0.473. The van der Waals surface area contributed by atoms with E-state index in [0.29, 0.717) is 6.42 Å². The number of fused-ring (bicyclic) bond motifs is 5. The number of phosphoric ester groups is 1. The zero-order chi connectivity index (χ0) is 23.0. The summed E-state index contributed by atoms with van der Waals surface area (Å²) in [7, 11) is -4.84. The highest BCUT2D eigenvalue weighted by atomic mass is 31.2. The van der Waals surface area contributed by atoms with Gasteiger partial charge >= 0.3 is 7.82 Å². The van der Waals surface area contributed by atoms with Gasteiger partial charge in [-0.05, 0) is 63.0 Å². The molecule has 3 fully saturated rings.